The lowest BCUT2D eigenvalue weighted by molar-refractivity contribution is 0.233. The van der Waals surface area contributed by atoms with Crippen LogP contribution in [0.2, 0.25) is 0 Å². The molecule has 0 amide bonds. The molecule has 1 aromatic rings. The first-order valence-electron chi connectivity index (χ1n) is 11.1. The molecule has 0 N–H and O–H groups in total. The Morgan fingerprint density at radius 3 is 2.07 bits per heavy atom. The summed E-state index contributed by atoms with van der Waals surface area (Å²) in [5, 5.41) is 0. The number of rotatable bonds is 9. The van der Waals surface area contributed by atoms with Gasteiger partial charge < -0.3 is 0 Å². The van der Waals surface area contributed by atoms with E-state index in [4.69, 9.17) is 0 Å². The summed E-state index contributed by atoms with van der Waals surface area (Å²) in [7, 11) is 0. The molecule has 1 fully saturated rings. The minimum Gasteiger partial charge on any atom is -0.149 e. The van der Waals surface area contributed by atoms with E-state index < -0.39 is 0 Å². The Labute approximate surface area is 185 Å². The summed E-state index contributed by atoms with van der Waals surface area (Å²) < 4.78 is 0. The zero-order valence-corrected chi connectivity index (χ0v) is 20.3. The average Bonchev–Trinajstić information content (AvgIpc) is 2.60. The van der Waals surface area contributed by atoms with E-state index in [1.807, 2.05) is 6.92 Å². The van der Waals surface area contributed by atoms with Crippen molar-refractivity contribution in [2.75, 3.05) is 0 Å². The first kappa shape index (κ1) is 23.8. The maximum atomic E-state index is 4.44. The van der Waals surface area contributed by atoms with Crippen LogP contribution in [-0.4, -0.2) is 0 Å². The van der Waals surface area contributed by atoms with Crippen molar-refractivity contribution in [3.05, 3.63) is 75.2 Å². The van der Waals surface area contributed by atoms with E-state index >= 15 is 0 Å². The van der Waals surface area contributed by atoms with Crippen LogP contribution in [0.5, 0.6) is 0 Å². The molecule has 0 aromatic heterocycles. The van der Waals surface area contributed by atoms with Crippen molar-refractivity contribution in [3.63, 3.8) is 0 Å². The molecular formula is C28H40S. The fraction of sp³-hybridized carbons (Fsp3) is 0.500. The molecule has 1 aromatic carbocycles. The third kappa shape index (κ3) is 7.07. The van der Waals surface area contributed by atoms with Gasteiger partial charge in [0.15, 0.2) is 0 Å². The minimum atomic E-state index is 0.706. The van der Waals surface area contributed by atoms with Crippen molar-refractivity contribution in [3.8, 4) is 0 Å². The molecule has 1 aliphatic carbocycles. The average molecular weight is 409 g/mol. The quantitative estimate of drug-likeness (QED) is 0.306. The molecule has 1 unspecified atom stereocenters. The van der Waals surface area contributed by atoms with Gasteiger partial charge in [0.05, 0.1) is 0 Å². The summed E-state index contributed by atoms with van der Waals surface area (Å²) in [5.74, 6) is 1.58. The van der Waals surface area contributed by atoms with Crippen molar-refractivity contribution in [2.45, 2.75) is 80.1 Å². The SMILES string of the molecule is C=C(C)c1cc(C/C=C(\C)S)c(C)c(C/C=C(\C)C(CC=C(C)C)C2CCC2)c1. The Bertz CT molecular complexity index is 807. The molecule has 0 bridgehead atoms. The van der Waals surface area contributed by atoms with Crippen LogP contribution in [0.25, 0.3) is 5.57 Å². The van der Waals surface area contributed by atoms with E-state index in [-0.39, 0.29) is 0 Å². The summed E-state index contributed by atoms with van der Waals surface area (Å²) in [5.41, 5.74) is 9.63. The van der Waals surface area contributed by atoms with Crippen LogP contribution in [-0.2, 0) is 12.8 Å². The topological polar surface area (TPSA) is 0 Å². The highest BCUT2D eigenvalue weighted by Gasteiger charge is 2.27. The smallest absolute Gasteiger partial charge is 0.00838 e. The Hall–Kier alpha value is -1.47. The van der Waals surface area contributed by atoms with Crippen molar-refractivity contribution in [1.82, 2.24) is 0 Å². The van der Waals surface area contributed by atoms with Gasteiger partial charge in [-0.3, -0.25) is 0 Å². The van der Waals surface area contributed by atoms with E-state index in [9.17, 15) is 0 Å². The van der Waals surface area contributed by atoms with Gasteiger partial charge in [-0.2, -0.15) is 0 Å². The fourth-order valence-corrected chi connectivity index (χ4v) is 4.24. The molecule has 0 saturated heterocycles. The summed E-state index contributed by atoms with van der Waals surface area (Å²) in [4.78, 5) is 1.07. The van der Waals surface area contributed by atoms with Crippen LogP contribution < -0.4 is 0 Å². The summed E-state index contributed by atoms with van der Waals surface area (Å²) in [6.07, 6.45) is 14.5. The summed E-state index contributed by atoms with van der Waals surface area (Å²) in [6.45, 7) is 17.4. The number of benzene rings is 1. The van der Waals surface area contributed by atoms with Crippen LogP contribution in [0.15, 0.2) is 53.0 Å². The highest BCUT2D eigenvalue weighted by molar-refractivity contribution is 7.84. The van der Waals surface area contributed by atoms with Crippen molar-refractivity contribution >= 4 is 18.2 Å². The van der Waals surface area contributed by atoms with Gasteiger partial charge in [0, 0.05) is 0 Å². The molecule has 1 saturated carbocycles. The molecule has 0 spiro atoms. The predicted octanol–water partition coefficient (Wildman–Crippen LogP) is 8.67. The Morgan fingerprint density at radius 1 is 1.03 bits per heavy atom. The lowest BCUT2D eigenvalue weighted by atomic mass is 9.71. The molecule has 0 aliphatic heterocycles. The fourth-order valence-electron chi connectivity index (χ4n) is 4.15. The standard InChI is InChI=1S/C28H40S/c1-19(2)11-16-28(24-9-8-10-24)21(5)12-14-25-17-27(20(3)4)18-26(23(25)7)15-13-22(6)29/h11-13,17-18,24,28-29H,3,8-10,14-16H2,1-2,4-7H3/b21-12+,22-13+. The van der Waals surface area contributed by atoms with Gasteiger partial charge in [0.2, 0.25) is 0 Å². The molecule has 158 valence electrons. The molecule has 1 heteroatoms. The van der Waals surface area contributed by atoms with Crippen molar-refractivity contribution in [1.29, 1.82) is 0 Å². The number of hydrogen-bond acceptors (Lipinski definition) is 1. The van der Waals surface area contributed by atoms with Gasteiger partial charge in [0.25, 0.3) is 0 Å². The highest BCUT2D eigenvalue weighted by atomic mass is 32.1. The molecule has 1 aliphatic rings. The number of allylic oxidation sites excluding steroid dienone is 7. The Kier molecular flexibility index (Phi) is 9.08. The second kappa shape index (κ2) is 11.1. The normalized spacial score (nSPS) is 16.4. The first-order chi connectivity index (χ1) is 13.7. The summed E-state index contributed by atoms with van der Waals surface area (Å²) in [6, 6.07) is 4.65. The molecular weight excluding hydrogens is 368 g/mol. The second-order valence-electron chi connectivity index (χ2n) is 9.22. The lowest BCUT2D eigenvalue weighted by Crippen LogP contribution is -2.22. The number of thiol groups is 1. The molecule has 0 heterocycles. The zero-order valence-electron chi connectivity index (χ0n) is 19.4. The zero-order chi connectivity index (χ0) is 21.6. The number of hydrogen-bond donors (Lipinski definition) is 1. The molecule has 0 radical (unpaired) electrons. The van der Waals surface area contributed by atoms with Gasteiger partial charge in [-0.1, -0.05) is 60.1 Å². The van der Waals surface area contributed by atoms with E-state index in [1.54, 1.807) is 5.57 Å². The minimum absolute atomic E-state index is 0.706. The maximum Gasteiger partial charge on any atom is -0.00838 e. The van der Waals surface area contributed by atoms with Crippen LogP contribution in [0.3, 0.4) is 0 Å². The van der Waals surface area contributed by atoms with E-state index in [0.29, 0.717) is 5.92 Å². The van der Waals surface area contributed by atoms with Gasteiger partial charge in [-0.05, 0) is 113 Å². The van der Waals surface area contributed by atoms with Gasteiger partial charge >= 0.3 is 0 Å². The van der Waals surface area contributed by atoms with Gasteiger partial charge in [-0.25, -0.2) is 0 Å². The van der Waals surface area contributed by atoms with Crippen LogP contribution in [0.4, 0.5) is 0 Å². The van der Waals surface area contributed by atoms with E-state index in [0.717, 1.165) is 29.2 Å². The molecule has 29 heavy (non-hydrogen) atoms. The van der Waals surface area contributed by atoms with Crippen LogP contribution in [0.1, 0.15) is 82.6 Å². The monoisotopic (exact) mass is 408 g/mol. The van der Waals surface area contributed by atoms with Crippen molar-refractivity contribution < 1.29 is 0 Å². The van der Waals surface area contributed by atoms with E-state index in [2.05, 4.69) is 84.2 Å². The first-order valence-corrected chi connectivity index (χ1v) is 11.6. The van der Waals surface area contributed by atoms with Crippen LogP contribution >= 0.6 is 12.6 Å². The Morgan fingerprint density at radius 2 is 1.62 bits per heavy atom. The van der Waals surface area contributed by atoms with Gasteiger partial charge in [0.1, 0.15) is 0 Å². The third-order valence-electron chi connectivity index (χ3n) is 6.46. The van der Waals surface area contributed by atoms with Crippen molar-refractivity contribution in [2.24, 2.45) is 11.8 Å². The van der Waals surface area contributed by atoms with E-state index in [1.165, 1.54) is 53.5 Å². The Balaban J connectivity index is 2.29. The maximum absolute atomic E-state index is 4.44. The van der Waals surface area contributed by atoms with Crippen LogP contribution in [0, 0.1) is 18.8 Å². The largest absolute Gasteiger partial charge is 0.149 e. The summed E-state index contributed by atoms with van der Waals surface area (Å²) >= 11 is 4.44. The lowest BCUT2D eigenvalue weighted by Gasteiger charge is -2.34. The predicted molar refractivity (Wildman–Crippen MR) is 135 cm³/mol. The molecule has 1 atom stereocenters. The van der Waals surface area contributed by atoms with Gasteiger partial charge in [-0.15, -0.1) is 12.6 Å². The third-order valence-corrected chi connectivity index (χ3v) is 6.64. The molecule has 2 rings (SSSR count). The second-order valence-corrected chi connectivity index (χ2v) is 9.92. The highest BCUT2D eigenvalue weighted by Crippen LogP contribution is 2.39. The molecule has 0 nitrogen and oxygen atoms in total.